The fraction of sp³-hybridized carbons (Fsp3) is 0.304. The molecule has 0 radical (unpaired) electrons. The summed E-state index contributed by atoms with van der Waals surface area (Å²) in [5.41, 5.74) is 3.18. The Morgan fingerprint density at radius 3 is 2.83 bits per heavy atom. The van der Waals surface area contributed by atoms with Crippen molar-refractivity contribution in [2.24, 2.45) is 0 Å². The zero-order chi connectivity index (χ0) is 19.6. The highest BCUT2D eigenvalue weighted by Crippen LogP contribution is 2.33. The number of aromatic amines is 1. The van der Waals surface area contributed by atoms with Gasteiger partial charge < -0.3 is 14.5 Å². The van der Waals surface area contributed by atoms with Crippen molar-refractivity contribution in [1.29, 1.82) is 0 Å². The summed E-state index contributed by atoms with van der Waals surface area (Å²) in [7, 11) is 0. The molecular formula is C23H24N4OS. The molecule has 2 atom stereocenters. The third-order valence-electron chi connectivity index (χ3n) is 5.83. The normalized spacial score (nSPS) is 18.2. The van der Waals surface area contributed by atoms with E-state index < -0.39 is 0 Å². The van der Waals surface area contributed by atoms with Crippen molar-refractivity contribution >= 4 is 28.3 Å². The number of piperidine rings is 1. The summed E-state index contributed by atoms with van der Waals surface area (Å²) in [5.74, 6) is 1.10. The molecule has 1 N–H and O–H groups in total. The van der Waals surface area contributed by atoms with Crippen LogP contribution in [0.15, 0.2) is 65.6 Å². The van der Waals surface area contributed by atoms with Gasteiger partial charge in [0.1, 0.15) is 5.82 Å². The molecule has 1 aromatic carbocycles. The SMILES string of the molecule is O=C(C[C@H](c1ccsc1)n1cccc1)N1CCCC[C@H]1c1nc2ccccc2[nH]1. The minimum atomic E-state index is 0.0245. The van der Waals surface area contributed by atoms with Gasteiger partial charge in [-0.05, 0) is 65.9 Å². The lowest BCUT2D eigenvalue weighted by molar-refractivity contribution is -0.135. The average molecular weight is 405 g/mol. The van der Waals surface area contributed by atoms with Crippen LogP contribution in [0.5, 0.6) is 0 Å². The van der Waals surface area contributed by atoms with E-state index >= 15 is 0 Å². The van der Waals surface area contributed by atoms with Gasteiger partial charge in [-0.15, -0.1) is 0 Å². The first kappa shape index (κ1) is 18.2. The standard InChI is InChI=1S/C23H24N4OS/c28-22(15-21(17-10-14-29-16-17)26-11-5-6-12-26)27-13-4-3-9-20(27)23-24-18-7-1-2-8-19(18)25-23/h1-2,5-8,10-12,14,16,20-21H,3-4,9,13,15H2,(H,24,25)/t20-,21+/m0/s1. The Labute approximate surface area is 174 Å². The maximum absolute atomic E-state index is 13.5. The number of para-hydroxylation sites is 2. The predicted octanol–water partition coefficient (Wildman–Crippen LogP) is 5.16. The molecule has 0 saturated carbocycles. The third kappa shape index (κ3) is 3.60. The second kappa shape index (κ2) is 7.87. The number of thiophene rings is 1. The number of amides is 1. The Bertz CT molecular complexity index is 1020. The zero-order valence-electron chi connectivity index (χ0n) is 16.2. The smallest absolute Gasteiger partial charge is 0.225 e. The lowest BCUT2D eigenvalue weighted by Gasteiger charge is -2.35. The number of fused-ring (bicyclic) bond motifs is 1. The van der Waals surface area contributed by atoms with Crippen molar-refractivity contribution in [3.05, 3.63) is 77.0 Å². The number of nitrogens with one attached hydrogen (secondary N) is 1. The van der Waals surface area contributed by atoms with Crippen LogP contribution in [0.2, 0.25) is 0 Å². The van der Waals surface area contributed by atoms with Crippen molar-refractivity contribution < 1.29 is 4.79 Å². The average Bonchev–Trinajstić information content (AvgIpc) is 3.53. The van der Waals surface area contributed by atoms with Gasteiger partial charge in [0.2, 0.25) is 5.91 Å². The highest BCUT2D eigenvalue weighted by atomic mass is 32.1. The number of aromatic nitrogens is 3. The number of hydrogen-bond donors (Lipinski definition) is 1. The number of H-pyrrole nitrogens is 1. The van der Waals surface area contributed by atoms with E-state index in [9.17, 15) is 4.79 Å². The van der Waals surface area contributed by atoms with Crippen molar-refractivity contribution in [3.8, 4) is 0 Å². The molecule has 0 aliphatic carbocycles. The van der Waals surface area contributed by atoms with Crippen LogP contribution in [-0.4, -0.2) is 31.9 Å². The Kier molecular flexibility index (Phi) is 4.94. The molecule has 1 fully saturated rings. The number of nitrogens with zero attached hydrogens (tertiary/aromatic N) is 3. The molecule has 4 heterocycles. The molecule has 1 aliphatic heterocycles. The molecule has 1 aliphatic rings. The van der Waals surface area contributed by atoms with Crippen LogP contribution in [0.25, 0.3) is 11.0 Å². The van der Waals surface area contributed by atoms with Gasteiger partial charge in [-0.25, -0.2) is 4.98 Å². The predicted molar refractivity (Wildman–Crippen MR) is 116 cm³/mol. The van der Waals surface area contributed by atoms with E-state index in [4.69, 9.17) is 4.98 Å². The third-order valence-corrected chi connectivity index (χ3v) is 6.53. The van der Waals surface area contributed by atoms with Crippen LogP contribution in [-0.2, 0) is 4.79 Å². The molecule has 148 valence electrons. The van der Waals surface area contributed by atoms with E-state index in [1.54, 1.807) is 11.3 Å². The van der Waals surface area contributed by atoms with Crippen LogP contribution >= 0.6 is 11.3 Å². The van der Waals surface area contributed by atoms with Crippen LogP contribution in [0.1, 0.15) is 49.2 Å². The van der Waals surface area contributed by atoms with Crippen molar-refractivity contribution in [2.75, 3.05) is 6.54 Å². The fourth-order valence-electron chi connectivity index (χ4n) is 4.34. The van der Waals surface area contributed by atoms with Crippen LogP contribution in [0, 0.1) is 0 Å². The van der Waals surface area contributed by atoms with Crippen LogP contribution < -0.4 is 0 Å². The van der Waals surface area contributed by atoms with Gasteiger partial charge in [0.05, 0.1) is 29.5 Å². The van der Waals surface area contributed by atoms with Crippen molar-refractivity contribution in [2.45, 2.75) is 37.8 Å². The molecule has 1 saturated heterocycles. The molecule has 0 unspecified atom stereocenters. The molecular weight excluding hydrogens is 380 g/mol. The Balaban J connectivity index is 1.42. The Morgan fingerprint density at radius 1 is 1.17 bits per heavy atom. The summed E-state index contributed by atoms with van der Waals surface area (Å²) in [6.45, 7) is 0.794. The molecule has 5 nitrogen and oxygen atoms in total. The van der Waals surface area contributed by atoms with Gasteiger partial charge >= 0.3 is 0 Å². The number of hydrogen-bond acceptors (Lipinski definition) is 3. The van der Waals surface area contributed by atoms with E-state index in [1.807, 2.05) is 53.7 Å². The second-order valence-corrected chi connectivity index (χ2v) is 8.42. The van der Waals surface area contributed by atoms with Crippen LogP contribution in [0.3, 0.4) is 0 Å². The minimum absolute atomic E-state index is 0.0245. The molecule has 0 spiro atoms. The van der Waals surface area contributed by atoms with Crippen molar-refractivity contribution in [1.82, 2.24) is 19.4 Å². The van der Waals surface area contributed by atoms with E-state index in [2.05, 4.69) is 26.4 Å². The summed E-state index contributed by atoms with van der Waals surface area (Å²) in [6, 6.07) is 14.3. The highest BCUT2D eigenvalue weighted by Gasteiger charge is 2.32. The fourth-order valence-corrected chi connectivity index (χ4v) is 5.05. The summed E-state index contributed by atoms with van der Waals surface area (Å²) >= 11 is 1.67. The number of carbonyl (C=O) groups excluding carboxylic acids is 1. The quantitative estimate of drug-likeness (QED) is 0.499. The van der Waals surface area contributed by atoms with Gasteiger partial charge in [-0.3, -0.25) is 4.79 Å². The first-order valence-electron chi connectivity index (χ1n) is 10.2. The van der Waals surface area contributed by atoms with E-state index in [1.165, 1.54) is 5.56 Å². The largest absolute Gasteiger partial charge is 0.346 e. The monoisotopic (exact) mass is 404 g/mol. The number of imidazole rings is 1. The molecule has 4 aromatic rings. The number of rotatable bonds is 5. The van der Waals surface area contributed by atoms with Gasteiger partial charge in [0.15, 0.2) is 0 Å². The van der Waals surface area contributed by atoms with Gasteiger partial charge in [-0.2, -0.15) is 11.3 Å². The van der Waals surface area contributed by atoms with Gasteiger partial charge in [-0.1, -0.05) is 12.1 Å². The summed E-state index contributed by atoms with van der Waals surface area (Å²) in [5, 5.41) is 4.22. The summed E-state index contributed by atoms with van der Waals surface area (Å²) < 4.78 is 2.14. The number of likely N-dealkylation sites (tertiary alicyclic amines) is 1. The zero-order valence-corrected chi connectivity index (χ0v) is 17.0. The molecule has 1 amide bonds. The Hall–Kier alpha value is -2.86. The minimum Gasteiger partial charge on any atom is -0.346 e. The highest BCUT2D eigenvalue weighted by molar-refractivity contribution is 7.08. The Morgan fingerprint density at radius 2 is 2.03 bits per heavy atom. The number of carbonyl (C=O) groups is 1. The molecule has 6 heteroatoms. The van der Waals surface area contributed by atoms with Gasteiger partial charge in [0.25, 0.3) is 0 Å². The maximum atomic E-state index is 13.5. The van der Waals surface area contributed by atoms with E-state index in [0.29, 0.717) is 6.42 Å². The topological polar surface area (TPSA) is 53.9 Å². The molecule has 3 aromatic heterocycles. The first-order valence-corrected chi connectivity index (χ1v) is 11.1. The lowest BCUT2D eigenvalue weighted by Crippen LogP contribution is -2.40. The van der Waals surface area contributed by atoms with E-state index in [-0.39, 0.29) is 18.0 Å². The molecule has 5 rings (SSSR count). The van der Waals surface area contributed by atoms with Crippen LogP contribution in [0.4, 0.5) is 0 Å². The van der Waals surface area contributed by atoms with E-state index in [0.717, 1.165) is 42.7 Å². The number of benzene rings is 1. The molecule has 29 heavy (non-hydrogen) atoms. The lowest BCUT2D eigenvalue weighted by atomic mass is 9.99. The first-order chi connectivity index (χ1) is 14.3. The van der Waals surface area contributed by atoms with Gasteiger partial charge in [0, 0.05) is 18.9 Å². The summed E-state index contributed by atoms with van der Waals surface area (Å²) in [6.07, 6.45) is 7.68. The summed E-state index contributed by atoms with van der Waals surface area (Å²) in [4.78, 5) is 23.8. The second-order valence-electron chi connectivity index (χ2n) is 7.64. The van der Waals surface area contributed by atoms with Crippen molar-refractivity contribution in [3.63, 3.8) is 0 Å². The molecule has 0 bridgehead atoms. The maximum Gasteiger partial charge on any atom is 0.225 e.